The van der Waals surface area contributed by atoms with E-state index in [-0.39, 0.29) is 31.3 Å². The number of nitrogens with one attached hydrogen (secondary N) is 4. The Morgan fingerprint density at radius 3 is 2.22 bits per heavy atom. The smallest absolute Gasteiger partial charge is 0.475 e. The molecule has 2 heterocycles. The van der Waals surface area contributed by atoms with Crippen LogP contribution in [0.25, 0.3) is 10.9 Å². The normalized spacial score (nSPS) is 16.5. The number of hydrogen-bond acceptors (Lipinski definition) is 8. The number of aliphatic carboxylic acids is 1. The third kappa shape index (κ3) is 13.2. The number of rotatable bonds is 16. The molecule has 0 radical (unpaired) electrons. The van der Waals surface area contributed by atoms with Gasteiger partial charge in [-0.1, -0.05) is 38.5 Å². The van der Waals surface area contributed by atoms with Crippen molar-refractivity contribution in [1.82, 2.24) is 25.8 Å². The molecule has 0 spiro atoms. The summed E-state index contributed by atoms with van der Waals surface area (Å²) in [7, 11) is 0. The molecular formula is C34H51F3N10O7. The SMILES string of the molecule is CC[C@@H](C)[C@@H](NC(=O)[C@H]1CCCN1C(=O)[C@@H](Cc1c[nH]c2ccccc12)NC(=O)C(C)(C)N)C(=O)N[C@@H](CCCN=C(N)N)C(N)=O.O=C(O)C(F)(F)F. The van der Waals surface area contributed by atoms with Crippen molar-refractivity contribution in [1.29, 1.82) is 0 Å². The number of fused-ring (bicyclic) bond motifs is 1. The lowest BCUT2D eigenvalue weighted by molar-refractivity contribution is -0.192. The number of likely N-dealkylation sites (tertiary alicyclic amines) is 1. The van der Waals surface area contributed by atoms with Crippen LogP contribution in [0.3, 0.4) is 0 Å². The Labute approximate surface area is 310 Å². The first-order valence-electron chi connectivity index (χ1n) is 17.3. The summed E-state index contributed by atoms with van der Waals surface area (Å²) in [5, 5.41) is 16.3. The number of halogens is 3. The molecule has 54 heavy (non-hydrogen) atoms. The second-order valence-electron chi connectivity index (χ2n) is 13.6. The predicted octanol–water partition coefficient (Wildman–Crippen LogP) is 0.111. The number of carbonyl (C=O) groups excluding carboxylic acids is 5. The van der Waals surface area contributed by atoms with Crippen LogP contribution in [0.15, 0.2) is 35.5 Å². The van der Waals surface area contributed by atoms with Crippen molar-refractivity contribution in [2.75, 3.05) is 13.1 Å². The van der Waals surface area contributed by atoms with Gasteiger partial charge in [-0.25, -0.2) is 4.79 Å². The zero-order valence-corrected chi connectivity index (χ0v) is 30.7. The van der Waals surface area contributed by atoms with E-state index in [0.717, 1.165) is 16.5 Å². The van der Waals surface area contributed by atoms with E-state index in [4.69, 9.17) is 32.8 Å². The van der Waals surface area contributed by atoms with Crippen LogP contribution >= 0.6 is 0 Å². The van der Waals surface area contributed by atoms with Crippen molar-refractivity contribution in [3.05, 3.63) is 36.0 Å². The average Bonchev–Trinajstić information content (AvgIpc) is 3.74. The van der Waals surface area contributed by atoms with Crippen LogP contribution in [0.2, 0.25) is 0 Å². The Morgan fingerprint density at radius 1 is 1.04 bits per heavy atom. The van der Waals surface area contributed by atoms with Crippen LogP contribution in [0.5, 0.6) is 0 Å². The minimum atomic E-state index is -5.08. The third-order valence-electron chi connectivity index (χ3n) is 8.77. The number of hydrogen-bond donors (Lipinski definition) is 9. The second kappa shape index (κ2) is 19.6. The molecule has 300 valence electrons. The number of nitrogens with two attached hydrogens (primary N) is 4. The molecule has 1 fully saturated rings. The first-order valence-corrected chi connectivity index (χ1v) is 17.3. The molecule has 20 heteroatoms. The van der Waals surface area contributed by atoms with E-state index >= 15 is 0 Å². The van der Waals surface area contributed by atoms with Crippen molar-refractivity contribution < 1.29 is 47.0 Å². The van der Waals surface area contributed by atoms with E-state index in [1.165, 1.54) is 4.90 Å². The maximum Gasteiger partial charge on any atom is 0.490 e. The average molecular weight is 769 g/mol. The van der Waals surface area contributed by atoms with Crippen LogP contribution in [-0.4, -0.2) is 105 Å². The molecule has 1 aromatic heterocycles. The number of para-hydroxylation sites is 1. The topological polar surface area (TPSA) is 294 Å². The summed E-state index contributed by atoms with van der Waals surface area (Å²) in [4.78, 5) is 83.8. The van der Waals surface area contributed by atoms with E-state index in [9.17, 15) is 37.1 Å². The summed E-state index contributed by atoms with van der Waals surface area (Å²) >= 11 is 0. The second-order valence-corrected chi connectivity index (χ2v) is 13.6. The van der Waals surface area contributed by atoms with Gasteiger partial charge >= 0.3 is 12.1 Å². The summed E-state index contributed by atoms with van der Waals surface area (Å²) in [6, 6.07) is 3.77. The number of carboxylic acids is 1. The van der Waals surface area contributed by atoms with Crippen molar-refractivity contribution in [3.8, 4) is 0 Å². The molecule has 3 rings (SSSR count). The van der Waals surface area contributed by atoms with Crippen LogP contribution in [0.4, 0.5) is 13.2 Å². The molecule has 0 bridgehead atoms. The summed E-state index contributed by atoms with van der Waals surface area (Å²) in [6.07, 6.45) is -1.04. The van der Waals surface area contributed by atoms with Crippen LogP contribution in [0, 0.1) is 5.92 Å². The molecule has 17 nitrogen and oxygen atoms in total. The monoisotopic (exact) mass is 768 g/mol. The first-order chi connectivity index (χ1) is 25.1. The lowest BCUT2D eigenvalue weighted by Crippen LogP contribution is -2.60. The van der Waals surface area contributed by atoms with E-state index in [0.29, 0.717) is 32.2 Å². The number of carbonyl (C=O) groups is 6. The minimum absolute atomic E-state index is 0.0847. The molecule has 5 amide bonds. The Morgan fingerprint density at radius 2 is 1.67 bits per heavy atom. The van der Waals surface area contributed by atoms with Crippen molar-refractivity contribution in [2.24, 2.45) is 33.8 Å². The van der Waals surface area contributed by atoms with Gasteiger partial charge in [0.2, 0.25) is 29.5 Å². The minimum Gasteiger partial charge on any atom is -0.475 e. The molecule has 1 aliphatic rings. The first kappa shape index (κ1) is 44.8. The highest BCUT2D eigenvalue weighted by atomic mass is 19.4. The fourth-order valence-electron chi connectivity index (χ4n) is 5.57. The highest BCUT2D eigenvalue weighted by Crippen LogP contribution is 2.24. The van der Waals surface area contributed by atoms with Gasteiger partial charge in [0.25, 0.3) is 0 Å². The number of amides is 5. The Balaban J connectivity index is 0.00000131. The van der Waals surface area contributed by atoms with Gasteiger partial charge < -0.3 is 53.9 Å². The van der Waals surface area contributed by atoms with Gasteiger partial charge in [0.15, 0.2) is 5.96 Å². The fourth-order valence-corrected chi connectivity index (χ4v) is 5.57. The molecule has 1 aromatic carbocycles. The molecule has 1 aliphatic heterocycles. The van der Waals surface area contributed by atoms with Gasteiger partial charge in [-0.05, 0) is 57.1 Å². The molecule has 2 aromatic rings. The van der Waals surface area contributed by atoms with Gasteiger partial charge in [-0.2, -0.15) is 13.2 Å². The summed E-state index contributed by atoms with van der Waals surface area (Å²) in [6.45, 7) is 7.33. The molecule has 5 atom stereocenters. The summed E-state index contributed by atoms with van der Waals surface area (Å²) in [5.74, 6) is -5.88. The Hall–Kier alpha value is -5.40. The van der Waals surface area contributed by atoms with Gasteiger partial charge in [0.05, 0.1) is 5.54 Å². The fraction of sp³-hybridized carbons (Fsp3) is 0.559. The Kier molecular flexibility index (Phi) is 16.3. The number of carboxylic acid groups (broad SMARTS) is 1. The molecule has 13 N–H and O–H groups in total. The van der Waals surface area contributed by atoms with Gasteiger partial charge in [0, 0.05) is 36.6 Å². The molecule has 0 unspecified atom stereocenters. The Bertz CT molecular complexity index is 1670. The maximum atomic E-state index is 14.1. The molecule has 0 aliphatic carbocycles. The van der Waals surface area contributed by atoms with Crippen LogP contribution in [-0.2, 0) is 35.2 Å². The number of benzene rings is 1. The predicted molar refractivity (Wildman–Crippen MR) is 193 cm³/mol. The van der Waals surface area contributed by atoms with Crippen molar-refractivity contribution >= 4 is 52.4 Å². The number of aromatic amines is 1. The highest BCUT2D eigenvalue weighted by molar-refractivity contribution is 5.97. The van der Waals surface area contributed by atoms with Gasteiger partial charge in [-0.15, -0.1) is 0 Å². The number of aliphatic imine (C=N–C) groups is 1. The van der Waals surface area contributed by atoms with Crippen molar-refractivity contribution in [2.45, 2.75) is 102 Å². The number of aromatic nitrogens is 1. The van der Waals surface area contributed by atoms with Gasteiger partial charge in [-0.3, -0.25) is 29.0 Å². The van der Waals surface area contributed by atoms with Crippen molar-refractivity contribution in [3.63, 3.8) is 0 Å². The molecule has 0 saturated carbocycles. The molecular weight excluding hydrogens is 717 g/mol. The lowest BCUT2D eigenvalue weighted by atomic mass is 9.97. The van der Waals surface area contributed by atoms with E-state index < -0.39 is 71.4 Å². The van der Waals surface area contributed by atoms with E-state index in [2.05, 4.69) is 25.9 Å². The highest BCUT2D eigenvalue weighted by Gasteiger charge is 2.41. The lowest BCUT2D eigenvalue weighted by Gasteiger charge is -2.32. The number of nitrogens with zero attached hydrogens (tertiary/aromatic N) is 2. The van der Waals surface area contributed by atoms with E-state index in [1.807, 2.05) is 31.2 Å². The summed E-state index contributed by atoms with van der Waals surface area (Å²) in [5.41, 5.74) is 22.8. The number of H-pyrrole nitrogens is 1. The number of primary amides is 1. The quantitative estimate of drug-likeness (QED) is 0.0631. The standard InChI is InChI=1S/C32H50N10O5.C2HF3O2/c1-5-18(2)25(28(45)39-22(26(33)43)12-8-14-37-31(34)35)41-27(44)24-13-9-15-42(24)29(46)23(40-30(47)32(3,4)36)16-19-17-38-21-11-7-6-10-20(19)21;3-2(4,5)1(6)7/h6-7,10-11,17-18,22-25,38H,5,8-9,12-16,36H2,1-4H3,(H2,33,43)(H,39,45)(H,40,47)(H,41,44)(H4,34,35,37);(H,6,7)/t18-,22+,23-,24-,25-;/m1./s1. The van der Waals surface area contributed by atoms with Crippen LogP contribution in [0.1, 0.15) is 65.4 Å². The van der Waals surface area contributed by atoms with Crippen LogP contribution < -0.4 is 38.9 Å². The number of guanidine groups is 1. The molecule has 1 saturated heterocycles. The van der Waals surface area contributed by atoms with Gasteiger partial charge in [0.1, 0.15) is 24.2 Å². The maximum absolute atomic E-state index is 14.1. The number of alkyl halides is 3. The third-order valence-corrected chi connectivity index (χ3v) is 8.77. The largest absolute Gasteiger partial charge is 0.490 e. The zero-order valence-electron chi connectivity index (χ0n) is 30.7. The summed E-state index contributed by atoms with van der Waals surface area (Å²) < 4.78 is 31.7. The van der Waals surface area contributed by atoms with E-state index in [1.54, 1.807) is 27.0 Å². The zero-order chi connectivity index (χ0) is 41.0.